The molecule has 0 radical (unpaired) electrons. The number of unbranched alkanes of at least 4 members (excludes halogenated alkanes) is 2. The molecule has 0 bridgehead atoms. The van der Waals surface area contributed by atoms with E-state index in [0.717, 1.165) is 29.4 Å². The van der Waals surface area contributed by atoms with Crippen molar-refractivity contribution in [2.75, 3.05) is 45.8 Å². The van der Waals surface area contributed by atoms with Crippen LogP contribution in [0.3, 0.4) is 0 Å². The number of hydrogen-bond donors (Lipinski definition) is 2. The van der Waals surface area contributed by atoms with E-state index >= 15 is 0 Å². The van der Waals surface area contributed by atoms with Gasteiger partial charge in [0.1, 0.15) is 12.4 Å². The number of carboxylic acid groups (broad SMARTS) is 2. The van der Waals surface area contributed by atoms with E-state index < -0.39 is 35.0 Å². The minimum atomic E-state index is -2.18. The smallest absolute Gasteiger partial charge is 0.862 e. The Morgan fingerprint density at radius 3 is 1.99 bits per heavy atom. The summed E-state index contributed by atoms with van der Waals surface area (Å²) in [5.74, 6) is -4.61. The number of piperazine rings is 1. The number of likely N-dealkylation sites (tertiary alicyclic amines) is 1. The number of carbonyl (C=O) groups excluding carboxylic acids is 6. The molecule has 5 aliphatic rings. The summed E-state index contributed by atoms with van der Waals surface area (Å²) in [4.78, 5) is 101. The van der Waals surface area contributed by atoms with Crippen LogP contribution in [-0.2, 0) is 74.9 Å². The largest absolute Gasteiger partial charge is 4.00 e. The van der Waals surface area contributed by atoms with Gasteiger partial charge in [-0.05, 0) is 105 Å². The van der Waals surface area contributed by atoms with Crippen LogP contribution in [0.4, 0.5) is 4.79 Å². The number of amides is 3. The number of carboxylic acids is 2. The molecule has 22 heteroatoms. The number of ether oxygens (including phenoxy) is 2. The molecule has 0 spiro atoms. The molecule has 3 atom stereocenters. The number of piperidine rings is 1. The summed E-state index contributed by atoms with van der Waals surface area (Å²) in [5, 5.41) is 49.2. The predicted molar refractivity (Wildman–Crippen MR) is 253 cm³/mol. The van der Waals surface area contributed by atoms with Crippen LogP contribution in [0.15, 0.2) is 34.1 Å². The number of rotatable bonds is 15. The van der Waals surface area contributed by atoms with Gasteiger partial charge < -0.3 is 75.2 Å². The standard InChI is InChI=1S/C45H53N6O13.C6H14N2.Pt/c1-3-28-29-23-27(12-13-33(29)47-38-30(28)25-51-34(38)24-32-31(39(51)55)26-63-42(60)45(32,62)4-2)64-43(61)50-21-19-49(20-22-50)37(54)11-7-8-16-46-35(52)9-5-6-10-36(53)48-17-14-44(15-18-48,40(56)57)41(58)59;7-5-3-1-2-4-6(5)8;/h12-13,23-24H,3-11,14-22,25-26H2,1-2H3,(H,46,52)(H,56,57)(H,58,59);5-6H,1-4,7-8H2;/q-1;;+4/p-3/t45-;5-,6-;/m01./s1. The zero-order valence-corrected chi connectivity index (χ0v) is 43.7. The Balaban J connectivity index is 0.000000880. The molecule has 396 valence electrons. The van der Waals surface area contributed by atoms with Crippen molar-refractivity contribution in [3.05, 3.63) is 56.9 Å². The maximum atomic E-state index is 13.6. The Bertz CT molecular complexity index is 2640. The van der Waals surface area contributed by atoms with Crippen LogP contribution in [0.2, 0.25) is 0 Å². The van der Waals surface area contributed by atoms with Gasteiger partial charge in [-0.15, -0.1) is 0 Å². The molecular formula is C51H64N8O13Pt. The van der Waals surface area contributed by atoms with Gasteiger partial charge in [-0.1, -0.05) is 33.1 Å². The van der Waals surface area contributed by atoms with Gasteiger partial charge in [-0.2, -0.15) is 0 Å². The maximum Gasteiger partial charge on any atom is 4.00 e. The molecule has 73 heavy (non-hydrogen) atoms. The quantitative estimate of drug-likeness (QED) is 0.0497. The molecule has 1 aromatic carbocycles. The number of pyridine rings is 2. The van der Waals surface area contributed by atoms with Crippen molar-refractivity contribution in [3.8, 4) is 17.1 Å². The van der Waals surface area contributed by atoms with Crippen molar-refractivity contribution in [1.29, 1.82) is 0 Å². The molecule has 3 fully saturated rings. The third-order valence-corrected chi connectivity index (χ3v) is 14.9. The second kappa shape index (κ2) is 24.5. The Hall–Kier alpha value is -5.76. The molecular weight excluding hydrogens is 1130 g/mol. The third-order valence-electron chi connectivity index (χ3n) is 14.9. The number of benzene rings is 1. The zero-order chi connectivity index (χ0) is 51.9. The number of hydrogen-bond acceptors (Lipinski definition) is 17. The average Bonchev–Trinajstić information content (AvgIpc) is 3.74. The van der Waals surface area contributed by atoms with E-state index in [1.54, 1.807) is 40.7 Å². The molecule has 21 nitrogen and oxygen atoms in total. The number of aliphatic carboxylic acids is 2. The van der Waals surface area contributed by atoms with Crippen molar-refractivity contribution >= 4 is 52.6 Å². The van der Waals surface area contributed by atoms with E-state index in [-0.39, 0.29) is 152 Å². The first kappa shape index (κ1) is 56.5. The number of fused-ring (bicyclic) bond motifs is 5. The first-order chi connectivity index (χ1) is 34.4. The van der Waals surface area contributed by atoms with Crippen LogP contribution < -0.4 is 42.2 Å². The van der Waals surface area contributed by atoms with Crippen LogP contribution in [0.1, 0.15) is 126 Å². The summed E-state index contributed by atoms with van der Waals surface area (Å²) in [5.41, 5.74) is 10.3. The third kappa shape index (κ3) is 12.3. The summed E-state index contributed by atoms with van der Waals surface area (Å²) in [6.45, 7) is 4.98. The summed E-state index contributed by atoms with van der Waals surface area (Å²) in [6, 6.07) is 7.31. The first-order valence-corrected chi connectivity index (χ1v) is 25.2. The fourth-order valence-electron chi connectivity index (χ4n) is 10.3. The van der Waals surface area contributed by atoms with E-state index in [0.29, 0.717) is 67.8 Å². The molecule has 6 heterocycles. The zero-order valence-electron chi connectivity index (χ0n) is 41.4. The van der Waals surface area contributed by atoms with Gasteiger partial charge >= 0.3 is 27.2 Å². The van der Waals surface area contributed by atoms with Crippen LogP contribution in [0, 0.1) is 5.41 Å². The van der Waals surface area contributed by atoms with Crippen LogP contribution in [0.25, 0.3) is 22.3 Å². The average molecular weight is 1190 g/mol. The Labute approximate surface area is 437 Å². The second-order valence-electron chi connectivity index (χ2n) is 19.3. The van der Waals surface area contributed by atoms with Gasteiger partial charge in [0.25, 0.3) is 11.5 Å². The number of aryl methyl sites for hydroxylation is 1. The summed E-state index contributed by atoms with van der Waals surface area (Å²) >= 11 is 0. The second-order valence-corrected chi connectivity index (χ2v) is 19.3. The minimum absolute atomic E-state index is 0. The monoisotopic (exact) mass is 1190 g/mol. The van der Waals surface area contributed by atoms with Gasteiger partial charge in [0, 0.05) is 87.3 Å². The fourth-order valence-corrected chi connectivity index (χ4v) is 10.3. The number of cyclic esters (lactones) is 1. The number of aromatic nitrogens is 2. The topological polar surface area (TPSA) is 322 Å². The van der Waals surface area contributed by atoms with Gasteiger partial charge in [0.15, 0.2) is 0 Å². The van der Waals surface area contributed by atoms with E-state index in [1.807, 2.05) is 6.92 Å². The van der Waals surface area contributed by atoms with E-state index in [9.17, 15) is 54.0 Å². The first-order valence-electron chi connectivity index (χ1n) is 25.2. The van der Waals surface area contributed by atoms with Crippen molar-refractivity contribution in [3.63, 3.8) is 0 Å². The molecule has 4 N–H and O–H groups in total. The molecule has 2 saturated heterocycles. The Kier molecular flexibility index (Phi) is 19.0. The number of nitrogens with two attached hydrogens (primary N) is 2. The van der Waals surface area contributed by atoms with Gasteiger partial charge in [0.05, 0.1) is 46.4 Å². The normalized spacial score (nSPS) is 21.1. The van der Waals surface area contributed by atoms with E-state index in [2.05, 4.69) is 4.99 Å². The van der Waals surface area contributed by atoms with Gasteiger partial charge in [-0.25, -0.2) is 9.78 Å². The van der Waals surface area contributed by atoms with E-state index in [1.165, 1.54) is 22.6 Å². The summed E-state index contributed by atoms with van der Waals surface area (Å²) in [7, 11) is 0. The van der Waals surface area contributed by atoms with Crippen LogP contribution in [0.5, 0.6) is 5.75 Å². The van der Waals surface area contributed by atoms with Gasteiger partial charge in [0.2, 0.25) is 11.8 Å². The summed E-state index contributed by atoms with van der Waals surface area (Å²) in [6.07, 6.45) is 6.67. The van der Waals surface area contributed by atoms with Gasteiger partial charge in [-0.3, -0.25) is 19.2 Å². The molecule has 0 unspecified atom stereocenters. The fraction of sp³-hybridized carbons (Fsp3) is 0.588. The van der Waals surface area contributed by atoms with Crippen molar-refractivity contribution in [2.24, 2.45) is 21.9 Å². The number of nitrogens with zero attached hydrogens (tertiary/aromatic N) is 6. The molecule has 3 aromatic rings. The van der Waals surface area contributed by atoms with Crippen LogP contribution in [-0.4, -0.2) is 124 Å². The molecule has 2 aromatic heterocycles. The van der Waals surface area contributed by atoms with Crippen molar-refractivity contribution < 1.29 is 79.7 Å². The number of carbonyl (C=O) groups is 6. The number of esters is 1. The van der Waals surface area contributed by atoms with Crippen LogP contribution >= 0.6 is 0 Å². The Morgan fingerprint density at radius 2 is 1.40 bits per heavy atom. The minimum Gasteiger partial charge on any atom is -0.862 e. The SMILES string of the molecule is CCc1c2c(nc3ccc(OC(=O)N4CCN(C(=O)CCCCN=C([O-])CCCCC(=O)N5CCC(C(=O)[O-])(C(=O)[O-])CC5)CC4)cc13)-c1cc3c(c(=O)n1C2)COC(=O)[C@]3([O-])CC.N[C@@H]1CCCC[C@H]1N.[Pt+4]. The van der Waals surface area contributed by atoms with Crippen molar-refractivity contribution in [2.45, 2.75) is 141 Å². The predicted octanol–water partition coefficient (Wildman–Crippen LogP) is -0.536. The Morgan fingerprint density at radius 1 is 0.808 bits per heavy atom. The maximum absolute atomic E-state index is 13.6. The molecule has 8 rings (SSSR count). The molecule has 3 amide bonds. The molecule has 4 aliphatic heterocycles. The number of aliphatic imine (C=N–C) groups is 1. The summed E-state index contributed by atoms with van der Waals surface area (Å²) < 4.78 is 12.5. The molecule has 1 saturated carbocycles. The van der Waals surface area contributed by atoms with E-state index in [4.69, 9.17) is 25.9 Å². The van der Waals surface area contributed by atoms with Crippen molar-refractivity contribution in [1.82, 2.24) is 24.3 Å². The molecule has 1 aliphatic carbocycles.